The molecule has 2 aromatic carbocycles. The van der Waals surface area contributed by atoms with E-state index in [9.17, 15) is 19.5 Å². The van der Waals surface area contributed by atoms with E-state index in [2.05, 4.69) is 26.0 Å². The zero-order chi connectivity index (χ0) is 23.2. The van der Waals surface area contributed by atoms with Crippen molar-refractivity contribution in [2.45, 2.75) is 13.8 Å². The fourth-order valence-corrected chi connectivity index (χ4v) is 3.95. The molecule has 0 atom stereocenters. The molecule has 0 radical (unpaired) electrons. The summed E-state index contributed by atoms with van der Waals surface area (Å²) in [6, 6.07) is 11.5. The highest BCUT2D eigenvalue weighted by molar-refractivity contribution is 9.10. The maximum Gasteiger partial charge on any atom is 0.335 e. The van der Waals surface area contributed by atoms with Crippen LogP contribution in [-0.4, -0.2) is 26.3 Å². The van der Waals surface area contributed by atoms with Gasteiger partial charge in [-0.3, -0.25) is 14.6 Å². The molecule has 1 amide bonds. The smallest absolute Gasteiger partial charge is 0.335 e. The summed E-state index contributed by atoms with van der Waals surface area (Å²) in [4.78, 5) is 40.1. The third-order valence-electron chi connectivity index (χ3n) is 4.94. The van der Waals surface area contributed by atoms with Crippen LogP contribution in [0.2, 0.25) is 5.02 Å². The lowest BCUT2D eigenvalue weighted by atomic mass is 10.1. The molecule has 0 bridgehead atoms. The van der Waals surface area contributed by atoms with Gasteiger partial charge in [-0.2, -0.15) is 10.1 Å². The van der Waals surface area contributed by atoms with Crippen LogP contribution in [0.5, 0.6) is 5.88 Å². The van der Waals surface area contributed by atoms with E-state index < -0.39 is 23.0 Å². The van der Waals surface area contributed by atoms with Gasteiger partial charge in [0, 0.05) is 9.50 Å². The maximum atomic E-state index is 13.1. The van der Waals surface area contributed by atoms with E-state index in [4.69, 9.17) is 11.6 Å². The molecule has 0 saturated heterocycles. The molecule has 1 aromatic heterocycles. The molecule has 162 valence electrons. The largest absolute Gasteiger partial charge is 0.494 e. The fourth-order valence-electron chi connectivity index (χ4n) is 3.35. The van der Waals surface area contributed by atoms with Crippen LogP contribution in [-0.2, 0) is 4.79 Å². The number of aryl methyl sites for hydroxylation is 1. The van der Waals surface area contributed by atoms with Crippen LogP contribution in [0.3, 0.4) is 0 Å². The molecule has 1 aliphatic heterocycles. The van der Waals surface area contributed by atoms with E-state index in [0.717, 1.165) is 14.6 Å². The number of nitrogens with zero attached hydrogens (tertiary/aromatic N) is 3. The lowest BCUT2D eigenvalue weighted by Crippen LogP contribution is -2.30. The van der Waals surface area contributed by atoms with Crippen molar-refractivity contribution in [2.75, 3.05) is 5.01 Å². The van der Waals surface area contributed by atoms with Gasteiger partial charge >= 0.3 is 5.69 Å². The first-order valence-electron chi connectivity index (χ1n) is 9.39. The van der Waals surface area contributed by atoms with E-state index in [0.29, 0.717) is 22.1 Å². The Morgan fingerprint density at radius 2 is 1.78 bits per heavy atom. The van der Waals surface area contributed by atoms with E-state index in [1.54, 1.807) is 31.2 Å². The number of aromatic hydroxyl groups is 1. The number of halogens is 2. The molecule has 8 nitrogen and oxygen atoms in total. The number of hydrogen-bond acceptors (Lipinski definition) is 5. The highest BCUT2D eigenvalue weighted by Crippen LogP contribution is 2.30. The average Bonchev–Trinajstić information content (AvgIpc) is 3.00. The zero-order valence-corrected chi connectivity index (χ0v) is 19.2. The minimum absolute atomic E-state index is 0.120. The molecular weight excluding hydrogens is 500 g/mol. The van der Waals surface area contributed by atoms with Crippen LogP contribution in [0.4, 0.5) is 5.69 Å². The first-order valence-corrected chi connectivity index (χ1v) is 10.6. The van der Waals surface area contributed by atoms with Crippen LogP contribution < -0.4 is 16.3 Å². The molecule has 32 heavy (non-hydrogen) atoms. The lowest BCUT2D eigenvalue weighted by Gasteiger charge is -2.15. The van der Waals surface area contributed by atoms with Crippen molar-refractivity contribution in [3.8, 4) is 11.6 Å². The van der Waals surface area contributed by atoms with Crippen LogP contribution in [0.15, 0.2) is 67.2 Å². The number of benzene rings is 2. The van der Waals surface area contributed by atoms with Crippen molar-refractivity contribution < 1.29 is 9.90 Å². The monoisotopic (exact) mass is 514 g/mol. The van der Waals surface area contributed by atoms with Gasteiger partial charge in [0.15, 0.2) is 0 Å². The number of carbonyl (C=O) groups is 1. The number of H-pyrrole nitrogens is 1. The zero-order valence-electron chi connectivity index (χ0n) is 16.9. The van der Waals surface area contributed by atoms with Gasteiger partial charge < -0.3 is 5.11 Å². The van der Waals surface area contributed by atoms with Crippen LogP contribution in [0.25, 0.3) is 11.8 Å². The molecule has 4 rings (SSSR count). The quantitative estimate of drug-likeness (QED) is 0.518. The number of anilines is 1. The Morgan fingerprint density at radius 1 is 1.09 bits per heavy atom. The molecule has 2 heterocycles. The van der Waals surface area contributed by atoms with Gasteiger partial charge in [-0.05, 0) is 68.0 Å². The second-order valence-electron chi connectivity index (χ2n) is 7.10. The molecule has 0 saturated carbocycles. The normalized spacial score (nSPS) is 14.9. The van der Waals surface area contributed by atoms with Crippen molar-refractivity contribution in [2.24, 2.45) is 5.10 Å². The molecule has 2 N–H and O–H groups in total. The Hall–Kier alpha value is -3.43. The van der Waals surface area contributed by atoms with Crippen molar-refractivity contribution in [3.63, 3.8) is 0 Å². The summed E-state index contributed by atoms with van der Waals surface area (Å²) >= 11 is 9.28. The highest BCUT2D eigenvalue weighted by Gasteiger charge is 2.30. The lowest BCUT2D eigenvalue weighted by molar-refractivity contribution is -0.114. The second-order valence-corrected chi connectivity index (χ2v) is 8.45. The number of amides is 1. The van der Waals surface area contributed by atoms with Gasteiger partial charge in [0.1, 0.15) is 5.56 Å². The summed E-state index contributed by atoms with van der Waals surface area (Å²) in [7, 11) is 0. The van der Waals surface area contributed by atoms with Gasteiger partial charge in [-0.1, -0.05) is 27.5 Å². The summed E-state index contributed by atoms with van der Waals surface area (Å²) in [6.45, 7) is 3.47. The third kappa shape index (κ3) is 3.80. The number of aromatic nitrogens is 2. The predicted octanol–water partition coefficient (Wildman–Crippen LogP) is 3.76. The van der Waals surface area contributed by atoms with Gasteiger partial charge in [0.2, 0.25) is 5.88 Å². The van der Waals surface area contributed by atoms with E-state index in [1.807, 2.05) is 13.0 Å². The predicted molar refractivity (Wildman–Crippen MR) is 127 cm³/mol. The van der Waals surface area contributed by atoms with Crippen LogP contribution in [0, 0.1) is 6.92 Å². The van der Waals surface area contributed by atoms with Gasteiger partial charge in [-0.15, -0.1) is 0 Å². The SMILES string of the molecule is CC1=NN(c2ccc(Br)cc2C)C(=O)/C1=C/c1c(O)n(-c2ccc(Cl)cc2)c(=O)[nH]c1=O. The minimum Gasteiger partial charge on any atom is -0.494 e. The topological polar surface area (TPSA) is 108 Å². The van der Waals surface area contributed by atoms with Crippen molar-refractivity contribution in [1.82, 2.24) is 9.55 Å². The first-order chi connectivity index (χ1) is 15.2. The van der Waals surface area contributed by atoms with Gasteiger partial charge in [-0.25, -0.2) is 9.36 Å². The molecule has 0 fully saturated rings. The number of aromatic amines is 1. The second kappa shape index (κ2) is 8.25. The van der Waals surface area contributed by atoms with Crippen molar-refractivity contribution in [3.05, 3.63) is 89.5 Å². The molecule has 0 spiro atoms. The number of hydrogen-bond donors (Lipinski definition) is 2. The Kier molecular flexibility index (Phi) is 5.62. The third-order valence-corrected chi connectivity index (χ3v) is 5.69. The number of carbonyl (C=O) groups excluding carboxylic acids is 1. The summed E-state index contributed by atoms with van der Waals surface area (Å²) < 4.78 is 1.79. The Labute approximate surface area is 195 Å². The molecule has 1 aliphatic rings. The highest BCUT2D eigenvalue weighted by atomic mass is 79.9. The average molecular weight is 516 g/mol. The number of hydrazone groups is 1. The fraction of sp³-hybridized carbons (Fsp3) is 0.0909. The minimum atomic E-state index is -0.830. The summed E-state index contributed by atoms with van der Waals surface area (Å²) in [5.41, 5.74) is 0.286. The van der Waals surface area contributed by atoms with Crippen molar-refractivity contribution >= 4 is 50.9 Å². The Bertz CT molecular complexity index is 1440. The molecule has 0 unspecified atom stereocenters. The van der Waals surface area contributed by atoms with E-state index in [1.165, 1.54) is 23.2 Å². The Balaban J connectivity index is 1.82. The standard InChI is InChI=1S/C22H16BrClN4O4/c1-11-9-13(23)3-8-18(11)28-21(31)16(12(2)26-28)10-17-19(29)25-22(32)27(20(17)30)15-6-4-14(24)5-7-15/h3-10,30H,1-2H3,(H,25,29,32)/b16-10+. The summed E-state index contributed by atoms with van der Waals surface area (Å²) in [6.07, 6.45) is 1.23. The van der Waals surface area contributed by atoms with Gasteiger partial charge in [0.05, 0.1) is 22.7 Å². The Morgan fingerprint density at radius 3 is 2.44 bits per heavy atom. The maximum absolute atomic E-state index is 13.1. The molecule has 3 aromatic rings. The number of nitrogens with one attached hydrogen (secondary N) is 1. The van der Waals surface area contributed by atoms with Crippen molar-refractivity contribution in [1.29, 1.82) is 0 Å². The van der Waals surface area contributed by atoms with Gasteiger partial charge in [0.25, 0.3) is 11.5 Å². The van der Waals surface area contributed by atoms with E-state index in [-0.39, 0.29) is 11.1 Å². The number of rotatable bonds is 3. The van der Waals surface area contributed by atoms with E-state index >= 15 is 0 Å². The summed E-state index contributed by atoms with van der Waals surface area (Å²) in [5.74, 6) is -1.07. The molecule has 10 heteroatoms. The molecular formula is C22H16BrClN4O4. The van der Waals surface area contributed by atoms with Crippen LogP contribution >= 0.6 is 27.5 Å². The first kappa shape index (κ1) is 21.8. The summed E-state index contributed by atoms with van der Waals surface area (Å²) in [5, 5.41) is 16.8. The molecule has 0 aliphatic carbocycles. The van der Waals surface area contributed by atoms with Crippen LogP contribution in [0.1, 0.15) is 18.1 Å².